The van der Waals surface area contributed by atoms with Gasteiger partial charge in [0.25, 0.3) is 0 Å². The van der Waals surface area contributed by atoms with E-state index in [0.29, 0.717) is 12.0 Å². The zero-order valence-corrected chi connectivity index (χ0v) is 11.7. The van der Waals surface area contributed by atoms with Gasteiger partial charge >= 0.3 is 6.09 Å². The summed E-state index contributed by atoms with van der Waals surface area (Å²) in [6, 6.07) is 0. The lowest BCUT2D eigenvalue weighted by Gasteiger charge is -2.24. The van der Waals surface area contributed by atoms with Crippen LogP contribution in [0.2, 0.25) is 0 Å². The number of likely N-dealkylation sites (tertiary alicyclic amines) is 1. The highest BCUT2D eigenvalue weighted by atomic mass is 16.6. The van der Waals surface area contributed by atoms with Crippen LogP contribution in [0, 0.1) is 5.92 Å². The first-order valence-corrected chi connectivity index (χ1v) is 6.55. The highest BCUT2D eigenvalue weighted by Gasteiger charge is 2.39. The van der Waals surface area contributed by atoms with E-state index >= 15 is 0 Å². The van der Waals surface area contributed by atoms with E-state index in [1.807, 2.05) is 34.6 Å². The number of carbonyl (C=O) groups excluding carboxylic acids is 1. The van der Waals surface area contributed by atoms with Gasteiger partial charge < -0.3 is 14.4 Å². The third kappa shape index (κ3) is 4.54. The van der Waals surface area contributed by atoms with Crippen LogP contribution in [0.1, 0.15) is 41.0 Å². The lowest BCUT2D eigenvalue weighted by atomic mass is 10.1. The molecule has 100 valence electrons. The molecular weight excluding hydrogens is 218 g/mol. The van der Waals surface area contributed by atoms with Crippen molar-refractivity contribution >= 4 is 6.09 Å². The molecule has 0 aromatic heterocycles. The molecule has 0 bridgehead atoms. The molecule has 0 aromatic carbocycles. The van der Waals surface area contributed by atoms with Gasteiger partial charge in [-0.3, -0.25) is 0 Å². The van der Waals surface area contributed by atoms with Crippen molar-refractivity contribution in [3.8, 4) is 0 Å². The standard InChI is InChI=1S/C11H19NO3.C2H6/c1-11(2,3)15-10(13)12-5-4-8(6-12)9-7-14-9;1-2/h8-9H,4-7H2,1-3H3;1-2H3. The number of rotatable bonds is 1. The molecule has 2 atom stereocenters. The second-order valence-electron chi connectivity index (χ2n) is 5.35. The van der Waals surface area contributed by atoms with Crippen LogP contribution in [0.5, 0.6) is 0 Å². The molecule has 0 aliphatic carbocycles. The summed E-state index contributed by atoms with van der Waals surface area (Å²) in [7, 11) is 0. The van der Waals surface area contributed by atoms with Crippen LogP contribution in [-0.4, -0.2) is 42.4 Å². The Balaban J connectivity index is 0.000000686. The number of hydrogen-bond donors (Lipinski definition) is 0. The lowest BCUT2D eigenvalue weighted by Crippen LogP contribution is -2.35. The van der Waals surface area contributed by atoms with E-state index in [4.69, 9.17) is 9.47 Å². The molecule has 0 saturated carbocycles. The number of ether oxygens (including phenoxy) is 2. The second kappa shape index (κ2) is 5.71. The van der Waals surface area contributed by atoms with Crippen molar-refractivity contribution < 1.29 is 14.3 Å². The fourth-order valence-corrected chi connectivity index (χ4v) is 1.91. The molecule has 2 aliphatic rings. The summed E-state index contributed by atoms with van der Waals surface area (Å²) >= 11 is 0. The molecule has 2 unspecified atom stereocenters. The van der Waals surface area contributed by atoms with E-state index in [-0.39, 0.29) is 6.09 Å². The molecule has 0 radical (unpaired) electrons. The van der Waals surface area contributed by atoms with E-state index in [1.165, 1.54) is 0 Å². The summed E-state index contributed by atoms with van der Waals surface area (Å²) < 4.78 is 10.6. The summed E-state index contributed by atoms with van der Waals surface area (Å²) in [5, 5.41) is 0. The third-order valence-corrected chi connectivity index (χ3v) is 2.76. The van der Waals surface area contributed by atoms with Gasteiger partial charge in [-0.2, -0.15) is 0 Å². The molecule has 0 spiro atoms. The van der Waals surface area contributed by atoms with Crippen molar-refractivity contribution in [3.05, 3.63) is 0 Å². The fraction of sp³-hybridized carbons (Fsp3) is 0.923. The molecule has 0 N–H and O–H groups in total. The largest absolute Gasteiger partial charge is 0.444 e. The van der Waals surface area contributed by atoms with Gasteiger partial charge in [-0.15, -0.1) is 0 Å². The molecule has 4 nitrogen and oxygen atoms in total. The molecule has 2 aliphatic heterocycles. The highest BCUT2D eigenvalue weighted by molar-refractivity contribution is 5.68. The van der Waals surface area contributed by atoms with Crippen molar-refractivity contribution in [3.63, 3.8) is 0 Å². The maximum atomic E-state index is 11.7. The topological polar surface area (TPSA) is 42.1 Å². The number of carbonyl (C=O) groups is 1. The SMILES string of the molecule is CC.CC(C)(C)OC(=O)N1CCC(C2CO2)C1. The minimum atomic E-state index is -0.398. The molecule has 4 heteroatoms. The van der Waals surface area contributed by atoms with E-state index in [1.54, 1.807) is 4.90 Å². The number of epoxide rings is 1. The van der Waals surface area contributed by atoms with Gasteiger partial charge in [0.1, 0.15) is 5.60 Å². The summed E-state index contributed by atoms with van der Waals surface area (Å²) in [5.41, 5.74) is -0.398. The summed E-state index contributed by atoms with van der Waals surface area (Å²) in [6.07, 6.45) is 1.26. The normalized spacial score (nSPS) is 27.2. The van der Waals surface area contributed by atoms with Crippen LogP contribution in [0.4, 0.5) is 4.79 Å². The van der Waals surface area contributed by atoms with Crippen molar-refractivity contribution in [2.75, 3.05) is 19.7 Å². The molecule has 2 saturated heterocycles. The molecular formula is C13H25NO3. The Morgan fingerprint density at radius 2 is 1.94 bits per heavy atom. The van der Waals surface area contributed by atoms with Crippen LogP contribution in [0.25, 0.3) is 0 Å². The predicted octanol–water partition coefficient (Wildman–Crippen LogP) is 2.67. The van der Waals surface area contributed by atoms with Gasteiger partial charge in [-0.05, 0) is 27.2 Å². The zero-order chi connectivity index (χ0) is 13.1. The Labute approximate surface area is 104 Å². The van der Waals surface area contributed by atoms with Gasteiger partial charge in [0, 0.05) is 19.0 Å². The second-order valence-corrected chi connectivity index (χ2v) is 5.35. The summed E-state index contributed by atoms with van der Waals surface area (Å²) in [6.45, 7) is 12.1. The van der Waals surface area contributed by atoms with Gasteiger partial charge in [-0.25, -0.2) is 4.79 Å². The van der Waals surface area contributed by atoms with Crippen molar-refractivity contribution in [1.29, 1.82) is 0 Å². The van der Waals surface area contributed by atoms with Crippen molar-refractivity contribution in [2.24, 2.45) is 5.92 Å². The van der Waals surface area contributed by atoms with Gasteiger partial charge in [0.05, 0.1) is 12.7 Å². The fourth-order valence-electron chi connectivity index (χ4n) is 1.91. The number of nitrogens with zero attached hydrogens (tertiary/aromatic N) is 1. The average molecular weight is 243 g/mol. The van der Waals surface area contributed by atoms with Gasteiger partial charge in [0.2, 0.25) is 0 Å². The molecule has 2 fully saturated rings. The minimum Gasteiger partial charge on any atom is -0.444 e. The lowest BCUT2D eigenvalue weighted by molar-refractivity contribution is 0.0286. The molecule has 0 aromatic rings. The number of amides is 1. The predicted molar refractivity (Wildman–Crippen MR) is 67.0 cm³/mol. The quantitative estimate of drug-likeness (QED) is 0.665. The van der Waals surface area contributed by atoms with E-state index in [2.05, 4.69) is 0 Å². The third-order valence-electron chi connectivity index (χ3n) is 2.76. The molecule has 2 heterocycles. The van der Waals surface area contributed by atoms with Crippen LogP contribution >= 0.6 is 0 Å². The van der Waals surface area contributed by atoms with Gasteiger partial charge in [0.15, 0.2) is 0 Å². The Morgan fingerprint density at radius 1 is 1.35 bits per heavy atom. The van der Waals surface area contributed by atoms with Crippen molar-refractivity contribution in [2.45, 2.75) is 52.7 Å². The van der Waals surface area contributed by atoms with Crippen LogP contribution < -0.4 is 0 Å². The van der Waals surface area contributed by atoms with Crippen LogP contribution in [0.15, 0.2) is 0 Å². The molecule has 2 rings (SSSR count). The highest BCUT2D eigenvalue weighted by Crippen LogP contribution is 2.29. The Bertz CT molecular complexity index is 256. The molecule has 1 amide bonds. The Morgan fingerprint density at radius 3 is 2.41 bits per heavy atom. The maximum Gasteiger partial charge on any atom is 0.410 e. The van der Waals surface area contributed by atoms with E-state index in [9.17, 15) is 4.79 Å². The first-order valence-electron chi connectivity index (χ1n) is 6.55. The average Bonchev–Trinajstić information content (AvgIpc) is 2.97. The Hall–Kier alpha value is -0.770. The van der Waals surface area contributed by atoms with E-state index in [0.717, 1.165) is 26.1 Å². The van der Waals surface area contributed by atoms with Gasteiger partial charge in [-0.1, -0.05) is 13.8 Å². The summed E-state index contributed by atoms with van der Waals surface area (Å²) in [4.78, 5) is 13.5. The Kier molecular flexibility index (Phi) is 4.80. The van der Waals surface area contributed by atoms with Crippen LogP contribution in [0.3, 0.4) is 0 Å². The minimum absolute atomic E-state index is 0.189. The molecule has 17 heavy (non-hydrogen) atoms. The number of hydrogen-bond acceptors (Lipinski definition) is 3. The smallest absolute Gasteiger partial charge is 0.410 e. The zero-order valence-electron chi connectivity index (χ0n) is 11.7. The van der Waals surface area contributed by atoms with Crippen molar-refractivity contribution in [1.82, 2.24) is 4.90 Å². The van der Waals surface area contributed by atoms with E-state index < -0.39 is 5.60 Å². The first kappa shape index (κ1) is 14.3. The maximum absolute atomic E-state index is 11.7. The monoisotopic (exact) mass is 243 g/mol. The summed E-state index contributed by atoms with van der Waals surface area (Å²) in [5.74, 6) is 0.525. The van der Waals surface area contributed by atoms with Crippen LogP contribution in [-0.2, 0) is 9.47 Å². The first-order chi connectivity index (χ1) is 7.96.